The molecule has 0 amide bonds. The number of hydrogen-bond donors (Lipinski definition) is 1. The maximum Gasteiger partial charge on any atom is 0.134 e. The standard InChI is InChI=1S/C13H16BrNO/c1-8(2)13(15-3)12-7-9-6-10(14)4-5-11(9)16-12/h4-8,13,15H,1-3H3. The number of nitrogens with one attached hydrogen (secondary N) is 1. The molecule has 0 aliphatic rings. The van der Waals surface area contributed by atoms with Crippen LogP contribution < -0.4 is 5.32 Å². The molecule has 1 unspecified atom stereocenters. The zero-order valence-electron chi connectivity index (χ0n) is 9.75. The summed E-state index contributed by atoms with van der Waals surface area (Å²) in [6.45, 7) is 4.37. The normalized spacial score (nSPS) is 13.6. The van der Waals surface area contributed by atoms with Crippen LogP contribution in [0.5, 0.6) is 0 Å². The molecule has 3 heteroatoms. The fourth-order valence-electron chi connectivity index (χ4n) is 1.99. The molecular weight excluding hydrogens is 266 g/mol. The SMILES string of the molecule is CNC(c1cc2cc(Br)ccc2o1)C(C)C. The van der Waals surface area contributed by atoms with Crippen molar-refractivity contribution in [2.75, 3.05) is 7.05 Å². The van der Waals surface area contributed by atoms with Gasteiger partial charge in [0.2, 0.25) is 0 Å². The van der Waals surface area contributed by atoms with Crippen LogP contribution in [0.25, 0.3) is 11.0 Å². The van der Waals surface area contributed by atoms with Crippen molar-refractivity contribution >= 4 is 26.9 Å². The number of fused-ring (bicyclic) bond motifs is 1. The van der Waals surface area contributed by atoms with E-state index in [0.717, 1.165) is 21.2 Å². The predicted octanol–water partition coefficient (Wildman–Crippen LogP) is 4.11. The summed E-state index contributed by atoms with van der Waals surface area (Å²) in [7, 11) is 1.97. The summed E-state index contributed by atoms with van der Waals surface area (Å²) in [5, 5.41) is 4.43. The summed E-state index contributed by atoms with van der Waals surface area (Å²) in [6.07, 6.45) is 0. The number of rotatable bonds is 3. The van der Waals surface area contributed by atoms with Crippen LogP contribution in [-0.4, -0.2) is 7.05 Å². The fourth-order valence-corrected chi connectivity index (χ4v) is 2.37. The second kappa shape index (κ2) is 4.60. The van der Waals surface area contributed by atoms with Gasteiger partial charge in [0.05, 0.1) is 6.04 Å². The van der Waals surface area contributed by atoms with Gasteiger partial charge in [-0.05, 0) is 37.2 Å². The van der Waals surface area contributed by atoms with Crippen molar-refractivity contribution in [3.63, 3.8) is 0 Å². The van der Waals surface area contributed by atoms with Crippen molar-refractivity contribution in [3.05, 3.63) is 34.5 Å². The maximum atomic E-state index is 5.85. The Kier molecular flexibility index (Phi) is 3.36. The van der Waals surface area contributed by atoms with E-state index in [1.165, 1.54) is 0 Å². The van der Waals surface area contributed by atoms with Gasteiger partial charge in [-0.25, -0.2) is 0 Å². The van der Waals surface area contributed by atoms with E-state index in [9.17, 15) is 0 Å². The van der Waals surface area contributed by atoms with Crippen LogP contribution in [0.15, 0.2) is 33.2 Å². The van der Waals surface area contributed by atoms with Crippen molar-refractivity contribution in [3.8, 4) is 0 Å². The first-order chi connectivity index (χ1) is 7.61. The molecule has 1 N–H and O–H groups in total. The lowest BCUT2D eigenvalue weighted by molar-refractivity contribution is 0.371. The first kappa shape index (κ1) is 11.7. The summed E-state index contributed by atoms with van der Waals surface area (Å²) >= 11 is 3.47. The van der Waals surface area contributed by atoms with Crippen LogP contribution in [0.4, 0.5) is 0 Å². The summed E-state index contributed by atoms with van der Waals surface area (Å²) in [4.78, 5) is 0. The smallest absolute Gasteiger partial charge is 0.134 e. The number of hydrogen-bond acceptors (Lipinski definition) is 2. The third-order valence-electron chi connectivity index (χ3n) is 2.78. The minimum atomic E-state index is 0.270. The van der Waals surface area contributed by atoms with Gasteiger partial charge in [0, 0.05) is 9.86 Å². The highest BCUT2D eigenvalue weighted by Crippen LogP contribution is 2.29. The van der Waals surface area contributed by atoms with Crippen LogP contribution in [0, 0.1) is 5.92 Å². The van der Waals surface area contributed by atoms with Gasteiger partial charge in [-0.15, -0.1) is 0 Å². The van der Waals surface area contributed by atoms with Crippen molar-refractivity contribution in [1.82, 2.24) is 5.32 Å². The van der Waals surface area contributed by atoms with Gasteiger partial charge >= 0.3 is 0 Å². The summed E-state index contributed by atoms with van der Waals surface area (Å²) in [5.74, 6) is 1.51. The van der Waals surface area contributed by atoms with Crippen molar-refractivity contribution < 1.29 is 4.42 Å². The highest BCUT2D eigenvalue weighted by molar-refractivity contribution is 9.10. The van der Waals surface area contributed by atoms with Crippen LogP contribution >= 0.6 is 15.9 Å². The van der Waals surface area contributed by atoms with E-state index in [2.05, 4.69) is 47.2 Å². The Balaban J connectivity index is 2.45. The topological polar surface area (TPSA) is 25.2 Å². The Morgan fingerprint density at radius 3 is 2.62 bits per heavy atom. The minimum Gasteiger partial charge on any atom is -0.459 e. The Morgan fingerprint density at radius 1 is 1.25 bits per heavy atom. The highest BCUT2D eigenvalue weighted by atomic mass is 79.9. The lowest BCUT2D eigenvalue weighted by Gasteiger charge is -2.16. The third-order valence-corrected chi connectivity index (χ3v) is 3.27. The van der Waals surface area contributed by atoms with E-state index in [-0.39, 0.29) is 6.04 Å². The van der Waals surface area contributed by atoms with E-state index in [4.69, 9.17) is 4.42 Å². The molecule has 2 rings (SSSR count). The summed E-state index contributed by atoms with van der Waals surface area (Å²) in [5.41, 5.74) is 0.944. The zero-order chi connectivity index (χ0) is 11.7. The van der Waals surface area contributed by atoms with E-state index in [1.54, 1.807) is 0 Å². The van der Waals surface area contributed by atoms with Crippen LogP contribution in [0.3, 0.4) is 0 Å². The summed E-state index contributed by atoms with van der Waals surface area (Å²) in [6, 6.07) is 8.46. The zero-order valence-corrected chi connectivity index (χ0v) is 11.3. The monoisotopic (exact) mass is 281 g/mol. The minimum absolute atomic E-state index is 0.270. The number of furan rings is 1. The molecule has 1 aromatic carbocycles. The first-order valence-electron chi connectivity index (χ1n) is 5.48. The Labute approximate surface area is 104 Å². The number of halogens is 1. The third kappa shape index (κ3) is 2.15. The van der Waals surface area contributed by atoms with Gasteiger partial charge < -0.3 is 9.73 Å². The van der Waals surface area contributed by atoms with Gasteiger partial charge in [0.1, 0.15) is 11.3 Å². The van der Waals surface area contributed by atoms with Crippen molar-refractivity contribution in [1.29, 1.82) is 0 Å². The predicted molar refractivity (Wildman–Crippen MR) is 70.6 cm³/mol. The molecular formula is C13H16BrNO. The average molecular weight is 282 g/mol. The largest absolute Gasteiger partial charge is 0.459 e. The van der Waals surface area contributed by atoms with Gasteiger partial charge in [-0.1, -0.05) is 29.8 Å². The molecule has 1 heterocycles. The molecule has 1 aromatic heterocycles. The second-order valence-electron chi connectivity index (χ2n) is 4.34. The Morgan fingerprint density at radius 2 is 2.00 bits per heavy atom. The Bertz CT molecular complexity index is 490. The van der Waals surface area contributed by atoms with E-state index in [1.807, 2.05) is 19.2 Å². The van der Waals surface area contributed by atoms with Crippen LogP contribution in [0.2, 0.25) is 0 Å². The van der Waals surface area contributed by atoms with Crippen molar-refractivity contribution in [2.24, 2.45) is 5.92 Å². The molecule has 0 spiro atoms. The molecule has 0 fully saturated rings. The van der Waals surface area contributed by atoms with E-state index in [0.29, 0.717) is 5.92 Å². The summed E-state index contributed by atoms with van der Waals surface area (Å²) < 4.78 is 6.94. The molecule has 16 heavy (non-hydrogen) atoms. The molecule has 0 aliphatic heterocycles. The molecule has 2 nitrogen and oxygen atoms in total. The molecule has 86 valence electrons. The van der Waals surface area contributed by atoms with Gasteiger partial charge in [-0.2, -0.15) is 0 Å². The molecule has 0 saturated heterocycles. The second-order valence-corrected chi connectivity index (χ2v) is 5.26. The lowest BCUT2D eigenvalue weighted by atomic mass is 10.0. The molecule has 2 aromatic rings. The maximum absolute atomic E-state index is 5.85. The van der Waals surface area contributed by atoms with E-state index >= 15 is 0 Å². The average Bonchev–Trinajstić information content (AvgIpc) is 2.60. The molecule has 0 saturated carbocycles. The van der Waals surface area contributed by atoms with Gasteiger partial charge in [0.15, 0.2) is 0 Å². The van der Waals surface area contributed by atoms with Gasteiger partial charge in [0.25, 0.3) is 0 Å². The van der Waals surface area contributed by atoms with Crippen molar-refractivity contribution in [2.45, 2.75) is 19.9 Å². The van der Waals surface area contributed by atoms with Crippen LogP contribution in [-0.2, 0) is 0 Å². The first-order valence-corrected chi connectivity index (χ1v) is 6.27. The Hall–Kier alpha value is -0.800. The van der Waals surface area contributed by atoms with Crippen LogP contribution in [0.1, 0.15) is 25.6 Å². The highest BCUT2D eigenvalue weighted by Gasteiger charge is 2.17. The van der Waals surface area contributed by atoms with E-state index < -0.39 is 0 Å². The quantitative estimate of drug-likeness (QED) is 0.916. The number of benzene rings is 1. The molecule has 0 aliphatic carbocycles. The van der Waals surface area contributed by atoms with Gasteiger partial charge in [-0.3, -0.25) is 0 Å². The fraction of sp³-hybridized carbons (Fsp3) is 0.385. The lowest BCUT2D eigenvalue weighted by Crippen LogP contribution is -2.20. The molecule has 0 radical (unpaired) electrons. The molecule has 0 bridgehead atoms. The molecule has 1 atom stereocenters.